The Balaban J connectivity index is 2.00. The summed E-state index contributed by atoms with van der Waals surface area (Å²) in [6, 6.07) is 0.197. The van der Waals surface area contributed by atoms with Crippen LogP contribution in [0.1, 0.15) is 40.5 Å². The quantitative estimate of drug-likeness (QED) is 0.645. The van der Waals surface area contributed by atoms with Crippen LogP contribution in [-0.4, -0.2) is 41.4 Å². The van der Waals surface area contributed by atoms with Crippen molar-refractivity contribution in [1.29, 1.82) is 0 Å². The third-order valence-corrected chi connectivity index (χ3v) is 3.19. The maximum atomic E-state index is 12.0. The van der Waals surface area contributed by atoms with Crippen molar-refractivity contribution in [3.05, 3.63) is 0 Å². The summed E-state index contributed by atoms with van der Waals surface area (Å²) < 4.78 is 10.8. The molecule has 1 amide bonds. The minimum Gasteiger partial charge on any atom is -0.444 e. The van der Waals surface area contributed by atoms with E-state index in [1.54, 1.807) is 0 Å². The molecule has 0 aromatic carbocycles. The summed E-state index contributed by atoms with van der Waals surface area (Å²) in [5, 5.41) is 0. The van der Waals surface area contributed by atoms with Gasteiger partial charge in [-0.2, -0.15) is 0 Å². The van der Waals surface area contributed by atoms with E-state index in [2.05, 4.69) is 6.92 Å². The zero-order valence-electron chi connectivity index (χ0n) is 10.6. The van der Waals surface area contributed by atoms with Crippen LogP contribution in [0.3, 0.4) is 0 Å². The molecule has 0 aliphatic carbocycles. The molecule has 0 aromatic heterocycles. The maximum absolute atomic E-state index is 12.0. The van der Waals surface area contributed by atoms with Crippen LogP contribution in [0.2, 0.25) is 0 Å². The van der Waals surface area contributed by atoms with Gasteiger partial charge < -0.3 is 14.4 Å². The standard InChI is InChI=1S/C12H21NO3/c1-11(2,3)16-10(14)13-7-5-6-9(13)12(4)8-15-12/h9H,5-8H2,1-4H3/t9-,12+/m0/s1. The molecule has 4 heteroatoms. The minimum absolute atomic E-state index is 0.118. The van der Waals surface area contributed by atoms with E-state index in [-0.39, 0.29) is 17.7 Å². The van der Waals surface area contributed by atoms with E-state index in [1.165, 1.54) is 0 Å². The predicted octanol–water partition coefficient (Wildman–Crippen LogP) is 2.17. The van der Waals surface area contributed by atoms with Crippen LogP contribution >= 0.6 is 0 Å². The number of epoxide rings is 1. The Bertz CT molecular complexity index is 291. The number of rotatable bonds is 1. The van der Waals surface area contributed by atoms with E-state index < -0.39 is 5.60 Å². The lowest BCUT2D eigenvalue weighted by atomic mass is 10.0. The Morgan fingerprint density at radius 1 is 1.50 bits per heavy atom. The first-order valence-electron chi connectivity index (χ1n) is 5.95. The smallest absolute Gasteiger partial charge is 0.410 e. The molecule has 0 bridgehead atoms. The van der Waals surface area contributed by atoms with Gasteiger partial charge in [0.25, 0.3) is 0 Å². The number of hydrogen-bond donors (Lipinski definition) is 0. The summed E-state index contributed by atoms with van der Waals surface area (Å²) in [4.78, 5) is 13.8. The average molecular weight is 227 g/mol. The number of hydrogen-bond acceptors (Lipinski definition) is 3. The Kier molecular flexibility index (Phi) is 2.65. The van der Waals surface area contributed by atoms with Crippen LogP contribution < -0.4 is 0 Å². The maximum Gasteiger partial charge on any atom is 0.410 e. The molecule has 2 atom stereocenters. The molecule has 92 valence electrons. The minimum atomic E-state index is -0.421. The fraction of sp³-hybridized carbons (Fsp3) is 0.917. The van der Waals surface area contributed by atoms with Gasteiger partial charge in [-0.3, -0.25) is 0 Å². The van der Waals surface area contributed by atoms with Gasteiger partial charge in [-0.25, -0.2) is 4.79 Å². The van der Waals surface area contributed by atoms with Crippen LogP contribution in [0.25, 0.3) is 0 Å². The van der Waals surface area contributed by atoms with Gasteiger partial charge in [-0.15, -0.1) is 0 Å². The second-order valence-corrected chi connectivity index (χ2v) is 5.93. The summed E-state index contributed by atoms with van der Waals surface area (Å²) in [5.41, 5.74) is -0.539. The molecule has 0 spiro atoms. The second-order valence-electron chi connectivity index (χ2n) is 5.93. The van der Waals surface area contributed by atoms with Crippen LogP contribution in [0.5, 0.6) is 0 Å². The van der Waals surface area contributed by atoms with Crippen molar-refractivity contribution in [3.63, 3.8) is 0 Å². The van der Waals surface area contributed by atoms with E-state index in [0.29, 0.717) is 0 Å². The van der Waals surface area contributed by atoms with Crippen LogP contribution in [-0.2, 0) is 9.47 Å². The fourth-order valence-electron chi connectivity index (χ4n) is 2.25. The number of nitrogens with zero attached hydrogens (tertiary/aromatic N) is 1. The highest BCUT2D eigenvalue weighted by molar-refractivity contribution is 5.69. The molecule has 2 rings (SSSR count). The molecule has 2 aliphatic heterocycles. The Labute approximate surface area is 96.9 Å². The molecular weight excluding hydrogens is 206 g/mol. The van der Waals surface area contributed by atoms with Gasteiger partial charge in [0, 0.05) is 6.54 Å². The Morgan fingerprint density at radius 2 is 2.12 bits per heavy atom. The van der Waals surface area contributed by atoms with E-state index in [0.717, 1.165) is 26.0 Å². The van der Waals surface area contributed by atoms with Crippen LogP contribution in [0.15, 0.2) is 0 Å². The summed E-state index contributed by atoms with van der Waals surface area (Å²) in [7, 11) is 0. The van der Waals surface area contributed by atoms with Crippen molar-refractivity contribution in [2.24, 2.45) is 0 Å². The van der Waals surface area contributed by atoms with Crippen molar-refractivity contribution in [2.45, 2.75) is 57.8 Å². The van der Waals surface area contributed by atoms with E-state index in [1.807, 2.05) is 25.7 Å². The number of carbonyl (C=O) groups is 1. The predicted molar refractivity (Wildman–Crippen MR) is 60.3 cm³/mol. The van der Waals surface area contributed by atoms with Gasteiger partial charge in [-0.05, 0) is 40.5 Å². The normalized spacial score (nSPS) is 34.0. The Hall–Kier alpha value is -0.770. The van der Waals surface area contributed by atoms with Crippen molar-refractivity contribution in [2.75, 3.05) is 13.2 Å². The second kappa shape index (κ2) is 3.62. The number of amides is 1. The SMILES string of the molecule is CC(C)(C)OC(=O)N1CCC[C@H]1[C@@]1(C)CO1. The summed E-state index contributed by atoms with van der Waals surface area (Å²) >= 11 is 0. The van der Waals surface area contributed by atoms with Gasteiger partial charge in [0.1, 0.15) is 11.2 Å². The molecule has 0 N–H and O–H groups in total. The number of ether oxygens (including phenoxy) is 2. The lowest BCUT2D eigenvalue weighted by Crippen LogP contribution is -2.45. The zero-order chi connectivity index (χ0) is 12.0. The zero-order valence-corrected chi connectivity index (χ0v) is 10.6. The molecule has 2 heterocycles. The fourth-order valence-corrected chi connectivity index (χ4v) is 2.25. The van der Waals surface area contributed by atoms with E-state index in [4.69, 9.17) is 9.47 Å². The summed E-state index contributed by atoms with van der Waals surface area (Å²) in [5.74, 6) is 0. The summed E-state index contributed by atoms with van der Waals surface area (Å²) in [6.45, 7) is 9.30. The van der Waals surface area contributed by atoms with Gasteiger partial charge >= 0.3 is 6.09 Å². The van der Waals surface area contributed by atoms with Crippen LogP contribution in [0.4, 0.5) is 4.79 Å². The molecule has 0 aromatic rings. The molecule has 2 aliphatic rings. The lowest BCUT2D eigenvalue weighted by Gasteiger charge is -2.30. The first-order valence-corrected chi connectivity index (χ1v) is 5.95. The highest BCUT2D eigenvalue weighted by Gasteiger charge is 2.52. The molecule has 16 heavy (non-hydrogen) atoms. The molecule has 4 nitrogen and oxygen atoms in total. The van der Waals surface area contributed by atoms with Crippen molar-refractivity contribution < 1.29 is 14.3 Å². The highest BCUT2D eigenvalue weighted by Crippen LogP contribution is 2.39. The monoisotopic (exact) mass is 227 g/mol. The number of likely N-dealkylation sites (tertiary alicyclic amines) is 1. The molecule has 0 radical (unpaired) electrons. The highest BCUT2D eigenvalue weighted by atomic mass is 16.6. The first kappa shape index (κ1) is 11.7. The third-order valence-electron chi connectivity index (χ3n) is 3.19. The summed E-state index contributed by atoms with van der Waals surface area (Å²) in [6.07, 6.45) is 1.87. The van der Waals surface area contributed by atoms with Gasteiger partial charge in [0.2, 0.25) is 0 Å². The third kappa shape index (κ3) is 2.32. The molecule has 0 unspecified atom stereocenters. The molecule has 2 fully saturated rings. The van der Waals surface area contributed by atoms with E-state index in [9.17, 15) is 4.79 Å². The number of carbonyl (C=O) groups excluding carboxylic acids is 1. The Morgan fingerprint density at radius 3 is 2.62 bits per heavy atom. The van der Waals surface area contributed by atoms with Crippen molar-refractivity contribution in [1.82, 2.24) is 4.90 Å². The van der Waals surface area contributed by atoms with Gasteiger partial charge in [-0.1, -0.05) is 0 Å². The molecular formula is C12H21NO3. The largest absolute Gasteiger partial charge is 0.444 e. The van der Waals surface area contributed by atoms with Crippen molar-refractivity contribution >= 4 is 6.09 Å². The van der Waals surface area contributed by atoms with Crippen LogP contribution in [0, 0.1) is 0 Å². The van der Waals surface area contributed by atoms with Gasteiger partial charge in [0.05, 0.1) is 12.6 Å². The average Bonchev–Trinajstić information content (AvgIpc) is 2.70. The molecule has 2 saturated heterocycles. The first-order chi connectivity index (χ1) is 7.32. The lowest BCUT2D eigenvalue weighted by molar-refractivity contribution is 0.0158. The van der Waals surface area contributed by atoms with E-state index >= 15 is 0 Å². The molecule has 0 saturated carbocycles. The topological polar surface area (TPSA) is 42.1 Å². The van der Waals surface area contributed by atoms with Gasteiger partial charge in [0.15, 0.2) is 0 Å². The van der Waals surface area contributed by atoms with Crippen molar-refractivity contribution in [3.8, 4) is 0 Å².